The van der Waals surface area contributed by atoms with Crippen LogP contribution in [0, 0.1) is 5.41 Å². The summed E-state index contributed by atoms with van der Waals surface area (Å²) in [6.07, 6.45) is 0.685. The highest BCUT2D eigenvalue weighted by molar-refractivity contribution is 5.95. The maximum Gasteiger partial charge on any atom is 0.303 e. The number of hydrogen-bond acceptors (Lipinski definition) is 5. The number of ether oxygens (including phenoxy) is 1. The molecule has 0 amide bonds. The third-order valence-corrected chi connectivity index (χ3v) is 5.90. The molecule has 2 aliphatic rings. The molecule has 4 N–H and O–H groups in total. The van der Waals surface area contributed by atoms with Crippen LogP contribution in [-0.2, 0) is 16.0 Å². The van der Waals surface area contributed by atoms with Crippen LogP contribution in [0.2, 0.25) is 0 Å². The Kier molecular flexibility index (Phi) is 6.23. The van der Waals surface area contributed by atoms with Crippen LogP contribution in [0.15, 0.2) is 54.2 Å². The molecule has 162 valence electrons. The van der Waals surface area contributed by atoms with Gasteiger partial charge in [-0.2, -0.15) is 0 Å². The molecule has 2 aromatic rings. The summed E-state index contributed by atoms with van der Waals surface area (Å²) in [4.78, 5) is 15.6. The van der Waals surface area contributed by atoms with Gasteiger partial charge in [0.2, 0.25) is 0 Å². The largest absolute Gasteiger partial charge is 0.481 e. The Bertz CT molecular complexity index is 977. The lowest BCUT2D eigenvalue weighted by Gasteiger charge is -2.31. The first-order valence-corrected chi connectivity index (χ1v) is 10.6. The van der Waals surface area contributed by atoms with Crippen LogP contribution in [0.5, 0.6) is 0 Å². The molecule has 0 saturated carbocycles. The summed E-state index contributed by atoms with van der Waals surface area (Å²) in [6, 6.07) is 16.1. The fourth-order valence-corrected chi connectivity index (χ4v) is 4.15. The number of benzene rings is 2. The third kappa shape index (κ3) is 4.88. The lowest BCUT2D eigenvalue weighted by Crippen LogP contribution is -2.37. The van der Waals surface area contributed by atoms with Crippen LogP contribution in [0.3, 0.4) is 0 Å². The topological polar surface area (TPSA) is 103 Å². The van der Waals surface area contributed by atoms with Crippen molar-refractivity contribution >= 4 is 23.1 Å². The van der Waals surface area contributed by atoms with E-state index in [1.807, 2.05) is 36.4 Å². The summed E-state index contributed by atoms with van der Waals surface area (Å²) in [6.45, 7) is 4.84. The Labute approximate surface area is 182 Å². The van der Waals surface area contributed by atoms with E-state index in [2.05, 4.69) is 21.9 Å². The number of morpholine rings is 1. The van der Waals surface area contributed by atoms with Crippen LogP contribution >= 0.6 is 0 Å². The highest BCUT2D eigenvalue weighted by atomic mass is 16.5. The minimum absolute atomic E-state index is 0.0729. The molecule has 2 heterocycles. The van der Waals surface area contributed by atoms with Crippen molar-refractivity contribution in [2.45, 2.75) is 12.8 Å². The smallest absolute Gasteiger partial charge is 0.303 e. The van der Waals surface area contributed by atoms with Crippen molar-refractivity contribution in [3.63, 3.8) is 0 Å². The maximum absolute atomic E-state index is 10.8. The molecule has 1 saturated heterocycles. The molecule has 2 aliphatic heterocycles. The Hall–Kier alpha value is -3.32. The number of amidine groups is 1. The summed E-state index contributed by atoms with van der Waals surface area (Å²) in [5.41, 5.74) is 12.2. The summed E-state index contributed by atoms with van der Waals surface area (Å²) in [7, 11) is 0. The van der Waals surface area contributed by atoms with E-state index in [0.717, 1.165) is 56.2 Å². The number of aliphatic carboxylic acids is 1. The fourth-order valence-electron chi connectivity index (χ4n) is 4.15. The maximum atomic E-state index is 10.8. The van der Waals surface area contributed by atoms with Gasteiger partial charge in [-0.3, -0.25) is 10.2 Å². The number of rotatable bonds is 7. The van der Waals surface area contributed by atoms with Crippen molar-refractivity contribution in [3.8, 4) is 0 Å². The Balaban J connectivity index is 1.58. The lowest BCUT2D eigenvalue weighted by molar-refractivity contribution is -0.136. The predicted molar refractivity (Wildman–Crippen MR) is 121 cm³/mol. The van der Waals surface area contributed by atoms with Gasteiger partial charge in [0, 0.05) is 43.0 Å². The first-order valence-electron chi connectivity index (χ1n) is 10.6. The van der Waals surface area contributed by atoms with E-state index in [1.54, 1.807) is 0 Å². The second-order valence-electron chi connectivity index (χ2n) is 7.93. The standard InChI is InChI=1S/C24H28N4O3/c25-24(26)19-6-8-20(9-7-19)28-15-21(22(16-28)27-11-13-31-14-12-27)18-4-1-17(2-5-18)3-10-23(29)30/h1-2,4-9H,3,10-16H2,(H3,25,26)(H,29,30). The van der Waals surface area contributed by atoms with E-state index in [-0.39, 0.29) is 12.3 Å². The number of hydrogen-bond donors (Lipinski definition) is 3. The molecule has 7 heteroatoms. The highest BCUT2D eigenvalue weighted by Crippen LogP contribution is 2.33. The fraction of sp³-hybridized carbons (Fsp3) is 0.333. The number of carboxylic acids is 1. The Morgan fingerprint density at radius 2 is 1.68 bits per heavy atom. The second-order valence-corrected chi connectivity index (χ2v) is 7.93. The van der Waals surface area contributed by atoms with Gasteiger partial charge in [-0.05, 0) is 47.4 Å². The Morgan fingerprint density at radius 1 is 1.00 bits per heavy atom. The molecular weight excluding hydrogens is 392 g/mol. The van der Waals surface area contributed by atoms with Crippen molar-refractivity contribution in [1.82, 2.24) is 4.90 Å². The van der Waals surface area contributed by atoms with Gasteiger partial charge < -0.3 is 25.4 Å². The first kappa shape index (κ1) is 20.9. The van der Waals surface area contributed by atoms with Crippen molar-refractivity contribution < 1.29 is 14.6 Å². The van der Waals surface area contributed by atoms with E-state index in [4.69, 9.17) is 21.0 Å². The summed E-state index contributed by atoms with van der Waals surface area (Å²) >= 11 is 0. The number of nitrogen functional groups attached to an aromatic ring is 1. The molecule has 0 bridgehead atoms. The van der Waals surface area contributed by atoms with Crippen molar-refractivity contribution in [2.75, 3.05) is 44.3 Å². The predicted octanol–water partition coefficient (Wildman–Crippen LogP) is 2.55. The lowest BCUT2D eigenvalue weighted by atomic mass is 10.0. The molecule has 2 aromatic carbocycles. The molecule has 0 unspecified atom stereocenters. The average molecular weight is 421 g/mol. The average Bonchev–Trinajstić information content (AvgIpc) is 3.24. The molecule has 0 atom stereocenters. The van der Waals surface area contributed by atoms with Gasteiger partial charge in [0.05, 0.1) is 19.8 Å². The zero-order valence-electron chi connectivity index (χ0n) is 17.5. The number of nitrogens with zero attached hydrogens (tertiary/aromatic N) is 2. The van der Waals surface area contributed by atoms with Crippen molar-refractivity contribution in [1.29, 1.82) is 5.41 Å². The van der Waals surface area contributed by atoms with Gasteiger partial charge >= 0.3 is 5.97 Å². The van der Waals surface area contributed by atoms with Gasteiger partial charge in [0.15, 0.2) is 0 Å². The molecule has 0 radical (unpaired) electrons. The SMILES string of the molecule is N=C(N)c1ccc(N2CC(c3ccc(CCC(=O)O)cc3)=C(N3CCOCC3)C2)cc1. The Morgan fingerprint density at radius 3 is 2.29 bits per heavy atom. The van der Waals surface area contributed by atoms with Gasteiger partial charge in [0.25, 0.3) is 0 Å². The third-order valence-electron chi connectivity index (χ3n) is 5.90. The van der Waals surface area contributed by atoms with E-state index >= 15 is 0 Å². The summed E-state index contributed by atoms with van der Waals surface area (Å²) in [5.74, 6) is -0.701. The number of aryl methyl sites for hydroxylation is 1. The van der Waals surface area contributed by atoms with Crippen LogP contribution in [0.4, 0.5) is 5.69 Å². The van der Waals surface area contributed by atoms with E-state index in [0.29, 0.717) is 6.42 Å². The molecule has 1 fully saturated rings. The van der Waals surface area contributed by atoms with E-state index in [9.17, 15) is 4.79 Å². The van der Waals surface area contributed by atoms with Gasteiger partial charge in [-0.15, -0.1) is 0 Å². The second kappa shape index (κ2) is 9.22. The van der Waals surface area contributed by atoms with Crippen LogP contribution in [0.1, 0.15) is 23.1 Å². The quantitative estimate of drug-likeness (QED) is 0.470. The number of nitrogens with one attached hydrogen (secondary N) is 1. The zero-order chi connectivity index (χ0) is 21.8. The molecule has 0 aliphatic carbocycles. The van der Waals surface area contributed by atoms with Crippen LogP contribution in [-0.4, -0.2) is 61.2 Å². The van der Waals surface area contributed by atoms with E-state index in [1.165, 1.54) is 16.8 Å². The molecular formula is C24H28N4O3. The number of carbonyl (C=O) groups is 1. The normalized spacial score (nSPS) is 16.6. The first-order chi connectivity index (χ1) is 15.0. The van der Waals surface area contributed by atoms with E-state index < -0.39 is 5.97 Å². The van der Waals surface area contributed by atoms with Gasteiger partial charge in [-0.25, -0.2) is 0 Å². The molecule has 4 rings (SSSR count). The number of anilines is 1. The van der Waals surface area contributed by atoms with Gasteiger partial charge in [-0.1, -0.05) is 24.3 Å². The molecule has 7 nitrogen and oxygen atoms in total. The van der Waals surface area contributed by atoms with Crippen molar-refractivity contribution in [3.05, 3.63) is 70.9 Å². The highest BCUT2D eigenvalue weighted by Gasteiger charge is 2.28. The molecule has 0 aromatic heterocycles. The van der Waals surface area contributed by atoms with Gasteiger partial charge in [0.1, 0.15) is 5.84 Å². The summed E-state index contributed by atoms with van der Waals surface area (Å²) < 4.78 is 5.55. The van der Waals surface area contributed by atoms with Crippen LogP contribution in [0.25, 0.3) is 5.57 Å². The number of nitrogens with two attached hydrogens (primary N) is 1. The number of carboxylic acid groups (broad SMARTS) is 1. The van der Waals surface area contributed by atoms with Crippen molar-refractivity contribution in [2.24, 2.45) is 5.73 Å². The molecule has 0 spiro atoms. The monoisotopic (exact) mass is 420 g/mol. The zero-order valence-corrected chi connectivity index (χ0v) is 17.5. The molecule has 31 heavy (non-hydrogen) atoms. The van der Waals surface area contributed by atoms with Crippen LogP contribution < -0.4 is 10.6 Å². The minimum atomic E-state index is -0.774. The minimum Gasteiger partial charge on any atom is -0.481 e. The summed E-state index contributed by atoms with van der Waals surface area (Å²) in [5, 5.41) is 16.5.